The summed E-state index contributed by atoms with van der Waals surface area (Å²) in [5.41, 5.74) is 1.58. The third-order valence-electron chi connectivity index (χ3n) is 3.12. The van der Waals surface area contributed by atoms with Crippen molar-refractivity contribution in [2.24, 2.45) is 0 Å². The van der Waals surface area contributed by atoms with E-state index in [2.05, 4.69) is 15.2 Å². The number of aromatic nitrogens is 3. The van der Waals surface area contributed by atoms with Crippen molar-refractivity contribution in [3.05, 3.63) is 42.7 Å². The lowest BCUT2D eigenvalue weighted by Gasteiger charge is -2.18. The minimum Gasteiger partial charge on any atom is -0.486 e. The normalized spacial score (nSPS) is 13.1. The lowest BCUT2D eigenvalue weighted by Crippen LogP contribution is -2.15. The maximum Gasteiger partial charge on any atom is 0.249 e. The monoisotopic (exact) mass is 281 g/mol. The van der Waals surface area contributed by atoms with Gasteiger partial charge in [0, 0.05) is 18.0 Å². The van der Waals surface area contributed by atoms with Gasteiger partial charge in [-0.3, -0.25) is 4.98 Å². The van der Waals surface area contributed by atoms with Crippen LogP contribution in [0.1, 0.15) is 0 Å². The van der Waals surface area contributed by atoms with E-state index >= 15 is 0 Å². The summed E-state index contributed by atoms with van der Waals surface area (Å²) in [6, 6.07) is 9.25. The second kappa shape index (κ2) is 4.90. The van der Waals surface area contributed by atoms with Gasteiger partial charge in [0.15, 0.2) is 11.5 Å². The van der Waals surface area contributed by atoms with Crippen molar-refractivity contribution >= 4 is 0 Å². The lowest BCUT2D eigenvalue weighted by molar-refractivity contribution is 0.171. The van der Waals surface area contributed by atoms with E-state index in [9.17, 15) is 0 Å². The van der Waals surface area contributed by atoms with Crippen LogP contribution in [0.5, 0.6) is 11.5 Å². The number of fused-ring (bicyclic) bond motifs is 1. The molecule has 0 spiro atoms. The molecule has 0 atom stereocenters. The van der Waals surface area contributed by atoms with Crippen molar-refractivity contribution in [2.45, 2.75) is 0 Å². The summed E-state index contributed by atoms with van der Waals surface area (Å²) in [7, 11) is 0. The van der Waals surface area contributed by atoms with Gasteiger partial charge in [-0.05, 0) is 30.3 Å². The van der Waals surface area contributed by atoms with E-state index in [0.29, 0.717) is 30.7 Å². The largest absolute Gasteiger partial charge is 0.486 e. The molecule has 0 fully saturated rings. The lowest BCUT2D eigenvalue weighted by atomic mass is 10.2. The third kappa shape index (κ3) is 2.20. The Labute approximate surface area is 120 Å². The van der Waals surface area contributed by atoms with Crippen molar-refractivity contribution < 1.29 is 13.9 Å². The molecular formula is C15H11N3O3. The van der Waals surface area contributed by atoms with E-state index in [1.807, 2.05) is 30.3 Å². The maximum atomic E-state index is 5.69. The molecule has 4 rings (SSSR count). The van der Waals surface area contributed by atoms with Crippen LogP contribution in [-0.4, -0.2) is 28.4 Å². The maximum absolute atomic E-state index is 5.69. The predicted octanol–water partition coefficient (Wildman–Crippen LogP) is 2.57. The topological polar surface area (TPSA) is 70.3 Å². The van der Waals surface area contributed by atoms with Gasteiger partial charge in [0.05, 0.1) is 5.56 Å². The molecule has 3 aromatic rings. The van der Waals surface area contributed by atoms with E-state index in [-0.39, 0.29) is 0 Å². The zero-order chi connectivity index (χ0) is 14.1. The number of rotatable bonds is 2. The highest BCUT2D eigenvalue weighted by Gasteiger charge is 2.16. The third-order valence-corrected chi connectivity index (χ3v) is 3.12. The Kier molecular flexibility index (Phi) is 2.77. The fourth-order valence-corrected chi connectivity index (χ4v) is 2.12. The number of pyridine rings is 1. The van der Waals surface area contributed by atoms with Gasteiger partial charge in [0.1, 0.15) is 13.2 Å². The van der Waals surface area contributed by atoms with E-state index in [0.717, 1.165) is 16.9 Å². The number of hydrogen-bond acceptors (Lipinski definition) is 6. The number of ether oxygens (including phenoxy) is 2. The molecular weight excluding hydrogens is 270 g/mol. The highest BCUT2D eigenvalue weighted by atomic mass is 16.6. The van der Waals surface area contributed by atoms with E-state index in [1.54, 1.807) is 12.4 Å². The first-order valence-electron chi connectivity index (χ1n) is 6.54. The Morgan fingerprint density at radius 2 is 1.67 bits per heavy atom. The van der Waals surface area contributed by atoms with Crippen LogP contribution >= 0.6 is 0 Å². The van der Waals surface area contributed by atoms with E-state index < -0.39 is 0 Å². The Morgan fingerprint density at radius 3 is 2.48 bits per heavy atom. The van der Waals surface area contributed by atoms with Gasteiger partial charge >= 0.3 is 0 Å². The standard InChI is InChI=1S/C15H11N3O3/c1-2-11(9-16-5-1)15-18-17-14(21-15)10-3-4-12-13(8-10)20-7-6-19-12/h1-5,8-9H,6-7H2. The van der Waals surface area contributed by atoms with Gasteiger partial charge in [-0.1, -0.05) is 0 Å². The van der Waals surface area contributed by atoms with Gasteiger partial charge < -0.3 is 13.9 Å². The fraction of sp³-hybridized carbons (Fsp3) is 0.133. The van der Waals surface area contributed by atoms with Gasteiger partial charge in [0.25, 0.3) is 0 Å². The minimum atomic E-state index is 0.436. The Hall–Kier alpha value is -2.89. The summed E-state index contributed by atoms with van der Waals surface area (Å²) in [6.45, 7) is 1.11. The van der Waals surface area contributed by atoms with E-state index in [4.69, 9.17) is 13.9 Å². The molecule has 0 saturated carbocycles. The van der Waals surface area contributed by atoms with Crippen molar-refractivity contribution in [3.8, 4) is 34.4 Å². The Morgan fingerprint density at radius 1 is 0.857 bits per heavy atom. The van der Waals surface area contributed by atoms with Crippen LogP contribution in [0.3, 0.4) is 0 Å². The van der Waals surface area contributed by atoms with Crippen molar-refractivity contribution in [1.82, 2.24) is 15.2 Å². The molecule has 21 heavy (non-hydrogen) atoms. The second-order valence-electron chi connectivity index (χ2n) is 4.51. The fourth-order valence-electron chi connectivity index (χ4n) is 2.12. The molecule has 3 heterocycles. The summed E-state index contributed by atoms with van der Waals surface area (Å²) in [5.74, 6) is 2.30. The predicted molar refractivity (Wildman–Crippen MR) is 74.0 cm³/mol. The van der Waals surface area contributed by atoms with Gasteiger partial charge in [-0.25, -0.2) is 0 Å². The van der Waals surface area contributed by atoms with Crippen molar-refractivity contribution in [2.75, 3.05) is 13.2 Å². The van der Waals surface area contributed by atoms with Crippen LogP contribution in [0.15, 0.2) is 47.1 Å². The van der Waals surface area contributed by atoms with Crippen LogP contribution in [-0.2, 0) is 0 Å². The Balaban J connectivity index is 1.70. The molecule has 6 nitrogen and oxygen atoms in total. The SMILES string of the molecule is c1cncc(-c2nnc(-c3ccc4c(c3)OCCO4)o2)c1. The molecule has 1 aromatic carbocycles. The van der Waals surface area contributed by atoms with Crippen LogP contribution in [0.4, 0.5) is 0 Å². The highest BCUT2D eigenvalue weighted by molar-refractivity contribution is 5.61. The number of benzene rings is 1. The molecule has 0 N–H and O–H groups in total. The smallest absolute Gasteiger partial charge is 0.249 e. The summed E-state index contributed by atoms with van der Waals surface area (Å²) in [6.07, 6.45) is 3.38. The van der Waals surface area contributed by atoms with Gasteiger partial charge in [0.2, 0.25) is 11.8 Å². The molecule has 1 aliphatic heterocycles. The quantitative estimate of drug-likeness (QED) is 0.719. The molecule has 0 saturated heterocycles. The first-order chi connectivity index (χ1) is 10.4. The average molecular weight is 281 g/mol. The van der Waals surface area contributed by atoms with Gasteiger partial charge in [-0.2, -0.15) is 0 Å². The summed E-state index contributed by atoms with van der Waals surface area (Å²) in [4.78, 5) is 4.04. The second-order valence-corrected chi connectivity index (χ2v) is 4.51. The molecule has 1 aliphatic rings. The molecule has 0 unspecified atom stereocenters. The molecule has 0 aliphatic carbocycles. The summed E-state index contributed by atoms with van der Waals surface area (Å²) < 4.78 is 16.7. The average Bonchev–Trinajstić information content (AvgIpc) is 3.05. The van der Waals surface area contributed by atoms with Crippen LogP contribution < -0.4 is 9.47 Å². The molecule has 104 valence electrons. The van der Waals surface area contributed by atoms with E-state index in [1.165, 1.54) is 0 Å². The Bertz CT molecular complexity index is 771. The molecule has 6 heteroatoms. The van der Waals surface area contributed by atoms with Crippen LogP contribution in [0, 0.1) is 0 Å². The zero-order valence-electron chi connectivity index (χ0n) is 11.0. The van der Waals surface area contributed by atoms with Crippen molar-refractivity contribution in [1.29, 1.82) is 0 Å². The molecule has 0 radical (unpaired) electrons. The van der Waals surface area contributed by atoms with Crippen LogP contribution in [0.2, 0.25) is 0 Å². The van der Waals surface area contributed by atoms with Gasteiger partial charge in [-0.15, -0.1) is 10.2 Å². The number of hydrogen-bond donors (Lipinski definition) is 0. The minimum absolute atomic E-state index is 0.436. The summed E-state index contributed by atoms with van der Waals surface area (Å²) in [5, 5.41) is 8.12. The summed E-state index contributed by atoms with van der Waals surface area (Å²) >= 11 is 0. The molecule has 0 amide bonds. The zero-order valence-corrected chi connectivity index (χ0v) is 11.0. The highest BCUT2D eigenvalue weighted by Crippen LogP contribution is 2.34. The first-order valence-corrected chi connectivity index (χ1v) is 6.54. The first kappa shape index (κ1) is 11.9. The van der Waals surface area contributed by atoms with Crippen LogP contribution in [0.25, 0.3) is 22.9 Å². The number of nitrogens with zero attached hydrogens (tertiary/aromatic N) is 3. The molecule has 0 bridgehead atoms. The molecule has 2 aromatic heterocycles. The van der Waals surface area contributed by atoms with Crippen molar-refractivity contribution in [3.63, 3.8) is 0 Å².